The number of hydrogen-bond donors (Lipinski definition) is 2. The monoisotopic (exact) mass is 332 g/mol. The second kappa shape index (κ2) is 7.34. The maximum Gasteiger partial charge on any atom is 0.437 e. The topological polar surface area (TPSA) is 70.9 Å². The summed E-state index contributed by atoms with van der Waals surface area (Å²) in [5.74, 6) is 0. The van der Waals surface area contributed by atoms with E-state index in [0.29, 0.717) is 6.42 Å². The highest BCUT2D eigenvalue weighted by molar-refractivity contribution is 6.04. The Morgan fingerprint density at radius 1 is 1.22 bits per heavy atom. The molecule has 0 fully saturated rings. The Bertz CT molecular complexity index is 561. The van der Waals surface area contributed by atoms with Crippen LogP contribution < -0.4 is 5.32 Å². The number of rotatable bonds is 4. The quantitative estimate of drug-likeness (QED) is 0.504. The van der Waals surface area contributed by atoms with Crippen LogP contribution in [0.3, 0.4) is 0 Å². The molecule has 1 amide bonds. The minimum absolute atomic E-state index is 0.233. The fourth-order valence-corrected chi connectivity index (χ4v) is 1.73. The Morgan fingerprint density at radius 2 is 1.78 bits per heavy atom. The van der Waals surface area contributed by atoms with E-state index in [2.05, 4.69) is 10.5 Å². The van der Waals surface area contributed by atoms with Crippen molar-refractivity contribution >= 4 is 11.8 Å². The molecule has 1 aromatic carbocycles. The number of ether oxygens (including phenoxy) is 1. The summed E-state index contributed by atoms with van der Waals surface area (Å²) in [5.41, 5.74) is -1.45. The molecular formula is C15H19F3N2O3. The van der Waals surface area contributed by atoms with E-state index in [9.17, 15) is 18.0 Å². The van der Waals surface area contributed by atoms with Gasteiger partial charge in [-0.05, 0) is 32.8 Å². The molecule has 0 aliphatic heterocycles. The Hall–Kier alpha value is -2.25. The molecule has 0 bridgehead atoms. The highest BCUT2D eigenvalue weighted by atomic mass is 19.4. The average Bonchev–Trinajstić information content (AvgIpc) is 2.37. The lowest BCUT2D eigenvalue weighted by atomic mass is 10.1. The van der Waals surface area contributed by atoms with Crippen LogP contribution in [-0.4, -0.2) is 35.3 Å². The maximum absolute atomic E-state index is 12.6. The summed E-state index contributed by atoms with van der Waals surface area (Å²) in [6.45, 7) is 5.51. The summed E-state index contributed by atoms with van der Waals surface area (Å²) in [7, 11) is 0. The number of carbonyl (C=O) groups is 1. The van der Waals surface area contributed by atoms with Gasteiger partial charge in [0.05, 0.1) is 0 Å². The first-order valence-electron chi connectivity index (χ1n) is 6.88. The fourth-order valence-electron chi connectivity index (χ4n) is 1.73. The van der Waals surface area contributed by atoms with Gasteiger partial charge in [-0.2, -0.15) is 13.2 Å². The number of benzene rings is 1. The van der Waals surface area contributed by atoms with Crippen molar-refractivity contribution in [3.05, 3.63) is 35.4 Å². The number of nitrogens with one attached hydrogen (secondary N) is 1. The van der Waals surface area contributed by atoms with E-state index in [1.807, 2.05) is 0 Å². The Kier molecular flexibility index (Phi) is 6.00. The zero-order valence-corrected chi connectivity index (χ0v) is 13.1. The molecule has 1 aromatic rings. The third-order valence-electron chi connectivity index (χ3n) is 2.68. The lowest BCUT2D eigenvalue weighted by Gasteiger charge is -2.19. The Morgan fingerprint density at radius 3 is 2.22 bits per heavy atom. The molecule has 0 unspecified atom stereocenters. The number of alkyl halides is 3. The average molecular weight is 332 g/mol. The van der Waals surface area contributed by atoms with Crippen LogP contribution in [0.15, 0.2) is 29.4 Å². The number of amides is 1. The minimum atomic E-state index is -4.73. The normalized spacial score (nSPS) is 12.9. The molecule has 0 saturated heterocycles. The van der Waals surface area contributed by atoms with Crippen molar-refractivity contribution in [1.82, 2.24) is 5.32 Å². The molecule has 0 heterocycles. The van der Waals surface area contributed by atoms with Gasteiger partial charge >= 0.3 is 12.3 Å². The Balaban J connectivity index is 2.57. The first-order chi connectivity index (χ1) is 10.5. The molecule has 0 aromatic heterocycles. The van der Waals surface area contributed by atoms with Crippen LogP contribution in [0.25, 0.3) is 0 Å². The van der Waals surface area contributed by atoms with Gasteiger partial charge in [-0.15, -0.1) is 0 Å². The summed E-state index contributed by atoms with van der Waals surface area (Å²) in [4.78, 5) is 11.4. The van der Waals surface area contributed by atoms with Crippen molar-refractivity contribution in [2.24, 2.45) is 5.16 Å². The third-order valence-corrected chi connectivity index (χ3v) is 2.68. The van der Waals surface area contributed by atoms with Gasteiger partial charge in [-0.1, -0.05) is 29.4 Å². The van der Waals surface area contributed by atoms with E-state index >= 15 is 0 Å². The summed E-state index contributed by atoms with van der Waals surface area (Å²) in [5, 5.41) is 13.3. The number of halogens is 3. The van der Waals surface area contributed by atoms with Gasteiger partial charge in [0.2, 0.25) is 0 Å². The first-order valence-corrected chi connectivity index (χ1v) is 6.88. The molecule has 8 heteroatoms. The largest absolute Gasteiger partial charge is 0.444 e. The predicted molar refractivity (Wildman–Crippen MR) is 78.8 cm³/mol. The first kappa shape index (κ1) is 18.8. The van der Waals surface area contributed by atoms with Crippen molar-refractivity contribution < 1.29 is 27.9 Å². The van der Waals surface area contributed by atoms with Crippen LogP contribution in [-0.2, 0) is 11.2 Å². The highest BCUT2D eigenvalue weighted by Gasteiger charge is 2.37. The minimum Gasteiger partial charge on any atom is -0.444 e. The number of nitrogens with zero attached hydrogens (tertiary/aromatic N) is 1. The van der Waals surface area contributed by atoms with Gasteiger partial charge in [-0.3, -0.25) is 0 Å². The van der Waals surface area contributed by atoms with Gasteiger partial charge in [0.25, 0.3) is 0 Å². The van der Waals surface area contributed by atoms with E-state index in [1.165, 1.54) is 24.3 Å². The van der Waals surface area contributed by atoms with Gasteiger partial charge in [-0.25, -0.2) is 4.79 Å². The van der Waals surface area contributed by atoms with Crippen LogP contribution in [0.1, 0.15) is 31.9 Å². The number of hydrogen-bond acceptors (Lipinski definition) is 4. The molecule has 0 atom stereocenters. The number of oxime groups is 1. The molecular weight excluding hydrogens is 313 g/mol. The summed E-state index contributed by atoms with van der Waals surface area (Å²) < 4.78 is 42.8. The second-order valence-electron chi connectivity index (χ2n) is 5.82. The molecule has 5 nitrogen and oxygen atoms in total. The molecule has 23 heavy (non-hydrogen) atoms. The van der Waals surface area contributed by atoms with Crippen molar-refractivity contribution in [3.63, 3.8) is 0 Å². The number of alkyl carbamates (subject to hydrolysis) is 1. The fraction of sp³-hybridized carbons (Fsp3) is 0.467. The van der Waals surface area contributed by atoms with E-state index < -0.39 is 23.6 Å². The smallest absolute Gasteiger partial charge is 0.437 e. The molecule has 0 aliphatic rings. The molecule has 0 aliphatic carbocycles. The predicted octanol–water partition coefficient (Wildman–Crippen LogP) is 3.49. The van der Waals surface area contributed by atoms with Crippen LogP contribution in [0.4, 0.5) is 18.0 Å². The van der Waals surface area contributed by atoms with Gasteiger partial charge in [0.15, 0.2) is 5.71 Å². The molecule has 0 radical (unpaired) electrons. The molecule has 128 valence electrons. The van der Waals surface area contributed by atoms with Crippen LogP contribution >= 0.6 is 0 Å². The maximum atomic E-state index is 12.6. The van der Waals surface area contributed by atoms with E-state index in [1.54, 1.807) is 20.8 Å². The zero-order valence-electron chi connectivity index (χ0n) is 13.1. The van der Waals surface area contributed by atoms with Gasteiger partial charge < -0.3 is 15.3 Å². The molecule has 0 spiro atoms. The van der Waals surface area contributed by atoms with Gasteiger partial charge in [0, 0.05) is 12.1 Å². The molecule has 2 N–H and O–H groups in total. The third kappa shape index (κ3) is 6.58. The van der Waals surface area contributed by atoms with Crippen LogP contribution in [0.2, 0.25) is 0 Å². The summed E-state index contributed by atoms with van der Waals surface area (Å²) in [6, 6.07) is 5.38. The van der Waals surface area contributed by atoms with Crippen molar-refractivity contribution in [1.29, 1.82) is 0 Å². The van der Waals surface area contributed by atoms with Crippen molar-refractivity contribution in [3.8, 4) is 0 Å². The van der Waals surface area contributed by atoms with Gasteiger partial charge in [0.1, 0.15) is 5.60 Å². The summed E-state index contributed by atoms with van der Waals surface area (Å²) >= 11 is 0. The number of carbonyl (C=O) groups excluding carboxylic acids is 1. The lowest BCUT2D eigenvalue weighted by Crippen LogP contribution is -2.33. The van der Waals surface area contributed by atoms with Crippen molar-refractivity contribution in [2.45, 2.75) is 39.0 Å². The standard InChI is InChI=1S/C15H19F3N2O3/c1-14(2,3)23-13(21)19-9-8-10-4-6-11(7-5-10)12(20-22)15(16,17)18/h4-7,22H,8-9H2,1-3H3,(H,19,21)/b20-12+. The van der Waals surface area contributed by atoms with E-state index in [-0.39, 0.29) is 12.1 Å². The zero-order chi connectivity index (χ0) is 17.7. The van der Waals surface area contributed by atoms with E-state index in [4.69, 9.17) is 9.94 Å². The van der Waals surface area contributed by atoms with Crippen LogP contribution in [0.5, 0.6) is 0 Å². The van der Waals surface area contributed by atoms with Crippen LogP contribution in [0, 0.1) is 0 Å². The Labute approximate surface area is 132 Å². The second-order valence-corrected chi connectivity index (χ2v) is 5.82. The highest BCUT2D eigenvalue weighted by Crippen LogP contribution is 2.22. The molecule has 0 saturated carbocycles. The van der Waals surface area contributed by atoms with Crippen molar-refractivity contribution in [2.75, 3.05) is 6.54 Å². The SMILES string of the molecule is CC(C)(C)OC(=O)NCCc1ccc(/C(=N\O)C(F)(F)F)cc1. The lowest BCUT2D eigenvalue weighted by molar-refractivity contribution is -0.0601. The van der Waals surface area contributed by atoms with E-state index in [0.717, 1.165) is 5.56 Å². The molecule has 1 rings (SSSR count). The summed E-state index contributed by atoms with van der Waals surface area (Å²) in [6.07, 6.45) is -4.85.